The number of alkyl halides is 6. The molecule has 0 aliphatic heterocycles. The molecule has 0 saturated heterocycles. The van der Waals surface area contributed by atoms with Gasteiger partial charge in [0.2, 0.25) is 0 Å². The summed E-state index contributed by atoms with van der Waals surface area (Å²) in [4.78, 5) is -1.20. The van der Waals surface area contributed by atoms with Gasteiger partial charge in [0.25, 0.3) is 0 Å². The van der Waals surface area contributed by atoms with E-state index in [0.717, 1.165) is 24.5 Å². The topological polar surface area (TPSA) is 77.5 Å². The number of benzene rings is 2. The highest BCUT2D eigenvalue weighted by molar-refractivity contribution is 7.90. The van der Waals surface area contributed by atoms with E-state index in [9.17, 15) is 43.2 Å². The van der Waals surface area contributed by atoms with Crippen LogP contribution >= 0.6 is 0 Å². The minimum atomic E-state index is -5.20. The van der Waals surface area contributed by atoms with E-state index in [0.29, 0.717) is 6.07 Å². The summed E-state index contributed by atoms with van der Waals surface area (Å²) < 4.78 is 129. The third-order valence-corrected chi connectivity index (χ3v) is 5.64. The second-order valence-electron chi connectivity index (χ2n) is 5.53. The lowest BCUT2D eigenvalue weighted by Gasteiger charge is -2.15. The standard InChI is InChI=1S/C15H10F6O5S2/c1-27(22,23)12-3-2-4-13(8-12)28(24,25)26-11-6-9(14(16,17)18)5-10(7-11)15(19,20)21/h2-8H,1H3. The van der Waals surface area contributed by atoms with Gasteiger partial charge in [0.05, 0.1) is 16.0 Å². The molecule has 2 rings (SSSR count). The van der Waals surface area contributed by atoms with Crippen LogP contribution in [-0.4, -0.2) is 23.1 Å². The molecule has 0 fully saturated rings. The number of hydrogen-bond acceptors (Lipinski definition) is 5. The first kappa shape index (κ1) is 22.0. The third kappa shape index (κ3) is 5.16. The molecule has 2 aromatic carbocycles. The normalized spacial score (nSPS) is 13.4. The Kier molecular flexibility index (Phi) is 5.47. The summed E-state index contributed by atoms with van der Waals surface area (Å²) in [7, 11) is -8.75. The molecule has 0 aliphatic rings. The monoisotopic (exact) mass is 448 g/mol. The van der Waals surface area contributed by atoms with Crippen molar-refractivity contribution in [2.45, 2.75) is 22.1 Å². The summed E-state index contributed by atoms with van der Waals surface area (Å²) in [5.41, 5.74) is -3.53. The van der Waals surface area contributed by atoms with Crippen LogP contribution in [0.2, 0.25) is 0 Å². The molecule has 0 radical (unpaired) electrons. The number of hydrogen-bond donors (Lipinski definition) is 0. The largest absolute Gasteiger partial charge is 0.416 e. The van der Waals surface area contributed by atoms with Gasteiger partial charge in [-0.15, -0.1) is 0 Å². The van der Waals surface area contributed by atoms with Gasteiger partial charge in [-0.1, -0.05) is 6.07 Å². The lowest BCUT2D eigenvalue weighted by molar-refractivity contribution is -0.143. The average Bonchev–Trinajstić information content (AvgIpc) is 2.52. The predicted molar refractivity (Wildman–Crippen MR) is 83.8 cm³/mol. The van der Waals surface area contributed by atoms with E-state index in [1.165, 1.54) is 0 Å². The molecule has 2 aromatic rings. The molecule has 5 nitrogen and oxygen atoms in total. The molecule has 0 aliphatic carbocycles. The van der Waals surface area contributed by atoms with Gasteiger partial charge in [-0.05, 0) is 36.4 Å². The molecule has 0 heterocycles. The molecule has 0 bridgehead atoms. The first-order chi connectivity index (χ1) is 12.5. The molecule has 13 heteroatoms. The van der Waals surface area contributed by atoms with Crippen molar-refractivity contribution in [3.63, 3.8) is 0 Å². The zero-order chi connectivity index (χ0) is 21.5. The van der Waals surface area contributed by atoms with E-state index >= 15 is 0 Å². The summed E-state index contributed by atoms with van der Waals surface area (Å²) in [6.45, 7) is 0. The second kappa shape index (κ2) is 6.95. The van der Waals surface area contributed by atoms with Gasteiger partial charge < -0.3 is 4.18 Å². The minimum Gasteiger partial charge on any atom is -0.379 e. The number of sulfone groups is 1. The Bertz CT molecular complexity index is 1070. The molecule has 28 heavy (non-hydrogen) atoms. The molecule has 0 atom stereocenters. The fourth-order valence-electron chi connectivity index (χ4n) is 2.01. The first-order valence-corrected chi connectivity index (χ1v) is 10.3. The van der Waals surface area contributed by atoms with Crippen molar-refractivity contribution in [3.8, 4) is 5.75 Å². The van der Waals surface area contributed by atoms with Gasteiger partial charge in [-0.25, -0.2) is 8.42 Å². The fourth-order valence-corrected chi connectivity index (χ4v) is 3.71. The second-order valence-corrected chi connectivity index (χ2v) is 9.09. The molecule has 0 amide bonds. The van der Waals surface area contributed by atoms with Gasteiger partial charge in [0, 0.05) is 6.26 Å². The Labute approximate surface area is 155 Å². The Morgan fingerprint density at radius 2 is 1.21 bits per heavy atom. The summed E-state index contributed by atoms with van der Waals surface area (Å²) in [5, 5.41) is 0. The van der Waals surface area contributed by atoms with Crippen molar-refractivity contribution >= 4 is 20.0 Å². The highest BCUT2D eigenvalue weighted by Crippen LogP contribution is 2.38. The van der Waals surface area contributed by atoms with Gasteiger partial charge in [0.1, 0.15) is 10.6 Å². The van der Waals surface area contributed by atoms with Crippen LogP contribution in [0.4, 0.5) is 26.3 Å². The molecular formula is C15H10F6O5S2. The van der Waals surface area contributed by atoms with Crippen molar-refractivity contribution in [1.82, 2.24) is 0 Å². The van der Waals surface area contributed by atoms with Crippen molar-refractivity contribution < 1.29 is 47.4 Å². The van der Waals surface area contributed by atoms with Gasteiger partial charge in [-0.2, -0.15) is 34.8 Å². The van der Waals surface area contributed by atoms with Crippen LogP contribution in [0.15, 0.2) is 52.3 Å². The molecule has 154 valence electrons. The predicted octanol–water partition coefficient (Wildman–Crippen LogP) is 3.90. The Morgan fingerprint density at radius 1 is 0.750 bits per heavy atom. The van der Waals surface area contributed by atoms with E-state index < -0.39 is 59.0 Å². The molecule has 0 saturated carbocycles. The Hall–Kier alpha value is -2.28. The first-order valence-electron chi connectivity index (χ1n) is 7.04. The highest BCUT2D eigenvalue weighted by atomic mass is 32.2. The maximum Gasteiger partial charge on any atom is 0.416 e. The SMILES string of the molecule is CS(=O)(=O)c1cccc(S(=O)(=O)Oc2cc(C(F)(F)F)cc(C(F)(F)F)c2)c1. The maximum absolute atomic E-state index is 12.8. The van der Waals surface area contributed by atoms with E-state index in [2.05, 4.69) is 4.18 Å². The molecule has 0 N–H and O–H groups in total. The van der Waals surface area contributed by atoms with E-state index in [1.807, 2.05) is 0 Å². The quantitative estimate of drug-likeness (QED) is 0.524. The van der Waals surface area contributed by atoms with Crippen LogP contribution in [0.25, 0.3) is 0 Å². The Balaban J connectivity index is 2.55. The van der Waals surface area contributed by atoms with Crippen molar-refractivity contribution in [2.75, 3.05) is 6.26 Å². The van der Waals surface area contributed by atoms with Crippen LogP contribution in [-0.2, 0) is 32.3 Å². The molecular weight excluding hydrogens is 438 g/mol. The van der Waals surface area contributed by atoms with Crippen molar-refractivity contribution in [1.29, 1.82) is 0 Å². The fraction of sp³-hybridized carbons (Fsp3) is 0.200. The van der Waals surface area contributed by atoms with Gasteiger partial charge in [0.15, 0.2) is 9.84 Å². The lowest BCUT2D eigenvalue weighted by Crippen LogP contribution is -2.14. The van der Waals surface area contributed by atoms with E-state index in [1.54, 1.807) is 0 Å². The third-order valence-electron chi connectivity index (χ3n) is 3.29. The lowest BCUT2D eigenvalue weighted by atomic mass is 10.1. The van der Waals surface area contributed by atoms with E-state index in [4.69, 9.17) is 0 Å². The highest BCUT2D eigenvalue weighted by Gasteiger charge is 2.37. The smallest absolute Gasteiger partial charge is 0.379 e. The zero-order valence-corrected chi connectivity index (χ0v) is 15.3. The maximum atomic E-state index is 12.8. The Morgan fingerprint density at radius 3 is 1.64 bits per heavy atom. The van der Waals surface area contributed by atoms with Crippen molar-refractivity contribution in [3.05, 3.63) is 53.6 Å². The van der Waals surface area contributed by atoms with Crippen LogP contribution < -0.4 is 4.18 Å². The number of rotatable bonds is 4. The van der Waals surface area contributed by atoms with Crippen LogP contribution in [0.1, 0.15) is 11.1 Å². The summed E-state index contributed by atoms with van der Waals surface area (Å²) >= 11 is 0. The van der Waals surface area contributed by atoms with Gasteiger partial charge >= 0.3 is 22.5 Å². The van der Waals surface area contributed by atoms with Crippen LogP contribution in [0, 0.1) is 0 Å². The van der Waals surface area contributed by atoms with Crippen LogP contribution in [0.3, 0.4) is 0 Å². The average molecular weight is 448 g/mol. The summed E-state index contributed by atoms with van der Waals surface area (Å²) in [6.07, 6.45) is -9.61. The summed E-state index contributed by atoms with van der Waals surface area (Å²) in [5.74, 6) is -1.23. The van der Waals surface area contributed by atoms with E-state index in [-0.39, 0.29) is 18.2 Å². The molecule has 0 spiro atoms. The molecule has 0 unspecified atom stereocenters. The van der Waals surface area contributed by atoms with Crippen molar-refractivity contribution in [2.24, 2.45) is 0 Å². The van der Waals surface area contributed by atoms with Gasteiger partial charge in [-0.3, -0.25) is 0 Å². The number of halogens is 6. The zero-order valence-electron chi connectivity index (χ0n) is 13.7. The summed E-state index contributed by atoms with van der Waals surface area (Å²) in [6, 6.07) is 3.62. The molecule has 0 aromatic heterocycles. The minimum absolute atomic E-state index is 0.0905. The van der Waals surface area contributed by atoms with Crippen LogP contribution in [0.5, 0.6) is 5.75 Å².